The number of carbonyl (C=O) groups is 2. The van der Waals surface area contributed by atoms with Crippen molar-refractivity contribution in [2.75, 3.05) is 18.0 Å². The number of hydrogen-bond acceptors (Lipinski definition) is 5. The lowest BCUT2D eigenvalue weighted by atomic mass is 10.0. The van der Waals surface area contributed by atoms with Gasteiger partial charge in [-0.25, -0.2) is 8.42 Å². The van der Waals surface area contributed by atoms with Crippen LogP contribution < -0.4 is 14.4 Å². The van der Waals surface area contributed by atoms with Gasteiger partial charge in [0.2, 0.25) is 11.8 Å². The lowest BCUT2D eigenvalue weighted by Crippen LogP contribution is -2.56. The first-order valence-electron chi connectivity index (χ1n) is 15.0. The van der Waals surface area contributed by atoms with E-state index in [9.17, 15) is 18.0 Å². The van der Waals surface area contributed by atoms with Crippen LogP contribution in [0.1, 0.15) is 37.5 Å². The average molecular weight is 741 g/mol. The third kappa shape index (κ3) is 9.37. The molecular weight excluding hydrogens is 702 g/mol. The Morgan fingerprint density at radius 3 is 2.17 bits per heavy atom. The van der Waals surface area contributed by atoms with Crippen molar-refractivity contribution in [2.45, 2.75) is 57.1 Å². The van der Waals surface area contributed by atoms with E-state index in [4.69, 9.17) is 16.3 Å². The second-order valence-corrected chi connectivity index (χ2v) is 15.3. The maximum atomic E-state index is 14.6. The molecule has 0 aliphatic heterocycles. The van der Waals surface area contributed by atoms with Crippen molar-refractivity contribution in [1.29, 1.82) is 0 Å². The molecule has 248 valence electrons. The first-order chi connectivity index (χ1) is 22.2. The molecule has 0 aromatic heterocycles. The van der Waals surface area contributed by atoms with Crippen LogP contribution in [0.2, 0.25) is 5.02 Å². The number of ether oxygens (including phenoxy) is 1. The van der Waals surface area contributed by atoms with Crippen molar-refractivity contribution in [3.8, 4) is 5.75 Å². The van der Waals surface area contributed by atoms with Gasteiger partial charge in [0.05, 0.1) is 22.2 Å². The standard InChI is InChI=1S/C36H39BrClN3O5S/c1-25-15-17-28(18-16-25)41(47(44,45)29-19-20-33(46-5)30(37)22-29)24-34(42)40(23-27-13-9-10-14-31(27)38)32(35(43)39-36(2,3)4)21-26-11-7-6-8-12-26/h6-20,22,32H,21,23-24H2,1-5H3,(H,39,43)/t32-/m1/s1. The lowest BCUT2D eigenvalue weighted by molar-refractivity contribution is -0.140. The number of hydrogen-bond donors (Lipinski definition) is 1. The van der Waals surface area contributed by atoms with Crippen LogP contribution in [-0.2, 0) is 32.6 Å². The minimum Gasteiger partial charge on any atom is -0.496 e. The molecule has 0 radical (unpaired) electrons. The van der Waals surface area contributed by atoms with E-state index in [1.54, 1.807) is 54.6 Å². The highest BCUT2D eigenvalue weighted by molar-refractivity contribution is 9.10. The molecule has 1 atom stereocenters. The van der Waals surface area contributed by atoms with Crippen LogP contribution in [0.15, 0.2) is 106 Å². The highest BCUT2D eigenvalue weighted by Crippen LogP contribution is 2.31. The molecule has 2 amide bonds. The van der Waals surface area contributed by atoms with Gasteiger partial charge in [-0.05, 0) is 91.1 Å². The van der Waals surface area contributed by atoms with Crippen molar-refractivity contribution in [2.24, 2.45) is 0 Å². The van der Waals surface area contributed by atoms with Crippen LogP contribution in [0.25, 0.3) is 0 Å². The van der Waals surface area contributed by atoms with Gasteiger partial charge in [0.15, 0.2) is 0 Å². The lowest BCUT2D eigenvalue weighted by Gasteiger charge is -2.35. The molecule has 0 unspecified atom stereocenters. The number of halogens is 2. The molecule has 4 aromatic carbocycles. The Balaban J connectivity index is 1.84. The summed E-state index contributed by atoms with van der Waals surface area (Å²) in [6, 6.07) is 26.8. The van der Waals surface area contributed by atoms with Gasteiger partial charge in [0, 0.05) is 23.5 Å². The van der Waals surface area contributed by atoms with Gasteiger partial charge in [-0.1, -0.05) is 77.8 Å². The summed E-state index contributed by atoms with van der Waals surface area (Å²) in [4.78, 5) is 30.0. The highest BCUT2D eigenvalue weighted by Gasteiger charge is 2.36. The van der Waals surface area contributed by atoms with Crippen LogP contribution in [0.3, 0.4) is 0 Å². The number of rotatable bonds is 12. The highest BCUT2D eigenvalue weighted by atomic mass is 79.9. The molecule has 8 nitrogen and oxygen atoms in total. The molecule has 11 heteroatoms. The molecule has 0 bridgehead atoms. The van der Waals surface area contributed by atoms with E-state index in [1.165, 1.54) is 24.1 Å². The number of amides is 2. The zero-order chi connectivity index (χ0) is 34.4. The van der Waals surface area contributed by atoms with Gasteiger partial charge in [0.25, 0.3) is 10.0 Å². The fraction of sp³-hybridized carbons (Fsp3) is 0.278. The van der Waals surface area contributed by atoms with Gasteiger partial charge in [-0.2, -0.15) is 0 Å². The Kier molecular flexibility index (Phi) is 11.8. The van der Waals surface area contributed by atoms with E-state index in [0.29, 0.717) is 26.5 Å². The zero-order valence-electron chi connectivity index (χ0n) is 27.0. The minimum atomic E-state index is -4.28. The molecule has 47 heavy (non-hydrogen) atoms. The Hall–Kier alpha value is -3.86. The zero-order valence-corrected chi connectivity index (χ0v) is 30.2. The summed E-state index contributed by atoms with van der Waals surface area (Å²) in [7, 11) is -2.80. The van der Waals surface area contributed by atoms with E-state index >= 15 is 0 Å². The van der Waals surface area contributed by atoms with Crippen molar-refractivity contribution in [3.05, 3.63) is 123 Å². The van der Waals surface area contributed by atoms with Crippen LogP contribution in [-0.4, -0.2) is 50.4 Å². The molecule has 0 spiro atoms. The Labute approximate surface area is 290 Å². The summed E-state index contributed by atoms with van der Waals surface area (Å²) < 4.78 is 35.4. The van der Waals surface area contributed by atoms with Crippen LogP contribution in [0.4, 0.5) is 5.69 Å². The monoisotopic (exact) mass is 739 g/mol. The molecule has 0 saturated carbocycles. The third-order valence-corrected chi connectivity index (χ3v) is 10.1. The fourth-order valence-electron chi connectivity index (χ4n) is 4.99. The minimum absolute atomic E-state index is 0.0244. The fourth-order valence-corrected chi connectivity index (χ4v) is 7.32. The summed E-state index contributed by atoms with van der Waals surface area (Å²) in [5.41, 5.74) is 2.08. The Bertz CT molecular complexity index is 1810. The van der Waals surface area contributed by atoms with Crippen molar-refractivity contribution >= 4 is 55.1 Å². The smallest absolute Gasteiger partial charge is 0.264 e. The van der Waals surface area contributed by atoms with Crippen LogP contribution in [0, 0.1) is 6.92 Å². The van der Waals surface area contributed by atoms with Gasteiger partial charge in [0.1, 0.15) is 18.3 Å². The number of methoxy groups -OCH3 is 1. The predicted molar refractivity (Wildman–Crippen MR) is 190 cm³/mol. The summed E-state index contributed by atoms with van der Waals surface area (Å²) in [6.07, 6.45) is 0.196. The number of sulfonamides is 1. The van der Waals surface area contributed by atoms with E-state index < -0.39 is 34.1 Å². The molecule has 1 N–H and O–H groups in total. The number of aryl methyl sites for hydroxylation is 1. The van der Waals surface area contributed by atoms with Gasteiger partial charge in [-0.3, -0.25) is 13.9 Å². The van der Waals surface area contributed by atoms with Gasteiger partial charge < -0.3 is 15.0 Å². The van der Waals surface area contributed by atoms with Gasteiger partial charge >= 0.3 is 0 Å². The molecule has 4 aromatic rings. The maximum Gasteiger partial charge on any atom is 0.264 e. The largest absolute Gasteiger partial charge is 0.496 e. The Morgan fingerprint density at radius 2 is 1.57 bits per heavy atom. The third-order valence-electron chi connectivity index (χ3n) is 7.38. The molecule has 0 heterocycles. The molecular formula is C36H39BrClN3O5S. The second kappa shape index (κ2) is 15.4. The molecule has 0 fully saturated rings. The molecule has 0 aliphatic carbocycles. The first-order valence-corrected chi connectivity index (χ1v) is 17.6. The van der Waals surface area contributed by atoms with Crippen LogP contribution >= 0.6 is 27.5 Å². The predicted octanol–water partition coefficient (Wildman–Crippen LogP) is 7.17. The normalized spacial score (nSPS) is 12.2. The van der Waals surface area contributed by atoms with E-state index in [-0.39, 0.29) is 23.8 Å². The maximum absolute atomic E-state index is 14.6. The summed E-state index contributed by atoms with van der Waals surface area (Å²) >= 11 is 9.96. The number of nitrogens with one attached hydrogen (secondary N) is 1. The number of benzene rings is 4. The summed E-state index contributed by atoms with van der Waals surface area (Å²) in [5.74, 6) is -0.487. The van der Waals surface area contributed by atoms with Crippen molar-refractivity contribution in [3.63, 3.8) is 0 Å². The van der Waals surface area contributed by atoms with E-state index in [0.717, 1.165) is 15.4 Å². The number of anilines is 1. The molecule has 0 aliphatic rings. The quantitative estimate of drug-likeness (QED) is 0.166. The number of nitrogens with zero attached hydrogens (tertiary/aromatic N) is 2. The topological polar surface area (TPSA) is 96.0 Å². The first kappa shape index (κ1) is 36.0. The van der Waals surface area contributed by atoms with Crippen LogP contribution in [0.5, 0.6) is 5.75 Å². The summed E-state index contributed by atoms with van der Waals surface area (Å²) in [6.45, 7) is 6.88. The molecule has 4 rings (SSSR count). The van der Waals surface area contributed by atoms with E-state index in [2.05, 4.69) is 21.2 Å². The Morgan fingerprint density at radius 1 is 0.936 bits per heavy atom. The van der Waals surface area contributed by atoms with Crippen molar-refractivity contribution in [1.82, 2.24) is 10.2 Å². The molecule has 0 saturated heterocycles. The van der Waals surface area contributed by atoms with Crippen molar-refractivity contribution < 1.29 is 22.7 Å². The van der Waals surface area contributed by atoms with Gasteiger partial charge in [-0.15, -0.1) is 0 Å². The van der Waals surface area contributed by atoms with E-state index in [1.807, 2.05) is 58.0 Å². The number of carbonyl (C=O) groups excluding carboxylic acids is 2. The average Bonchev–Trinajstić information content (AvgIpc) is 3.02. The SMILES string of the molecule is COc1ccc(S(=O)(=O)N(CC(=O)N(Cc2ccccc2Cl)[C@H](Cc2ccccc2)C(=O)NC(C)(C)C)c2ccc(C)cc2)cc1Br. The second-order valence-electron chi connectivity index (χ2n) is 12.2. The summed E-state index contributed by atoms with van der Waals surface area (Å²) in [5, 5.41) is 3.45.